The first-order valence-electron chi connectivity index (χ1n) is 12.9. The third kappa shape index (κ3) is 6.48. The van der Waals surface area contributed by atoms with Crippen molar-refractivity contribution in [3.05, 3.63) is 114 Å². The first-order valence-corrected chi connectivity index (χ1v) is 20.2. The van der Waals surface area contributed by atoms with E-state index >= 15 is 0 Å². The summed E-state index contributed by atoms with van der Waals surface area (Å²) < 4.78 is 0. The number of fused-ring (bicyclic) bond motifs is 4. The fraction of sp³-hybridized carbons (Fsp3) is 0.206. The van der Waals surface area contributed by atoms with Gasteiger partial charge in [0, 0.05) is 0 Å². The van der Waals surface area contributed by atoms with Gasteiger partial charge in [-0.05, 0) is 29.9 Å². The van der Waals surface area contributed by atoms with Crippen LogP contribution in [-0.4, -0.2) is 9.52 Å². The van der Waals surface area contributed by atoms with Crippen LogP contribution in [0, 0.1) is 13.0 Å². The van der Waals surface area contributed by atoms with Crippen LogP contribution in [0.25, 0.3) is 33.0 Å². The second kappa shape index (κ2) is 13.0. The molecule has 1 heterocycles. The summed E-state index contributed by atoms with van der Waals surface area (Å²) in [4.78, 5) is 0. The van der Waals surface area contributed by atoms with E-state index in [1.54, 1.807) is 0 Å². The van der Waals surface area contributed by atoms with Gasteiger partial charge in [-0.1, -0.05) is 98.1 Å². The smallest absolute Gasteiger partial charge is 0.0920 e. The molecule has 0 nitrogen and oxygen atoms in total. The van der Waals surface area contributed by atoms with Gasteiger partial charge < -0.3 is 0 Å². The second-order valence-corrected chi connectivity index (χ2v) is 15.5. The Bertz CT molecular complexity index is 1480. The van der Waals surface area contributed by atoms with Crippen LogP contribution >= 0.6 is 17.0 Å². The van der Waals surface area contributed by atoms with Gasteiger partial charge in [-0.15, -0.1) is 40.1 Å². The third-order valence-corrected chi connectivity index (χ3v) is 8.34. The topological polar surface area (TPSA) is 0 Å². The molecule has 0 bridgehead atoms. The number of hydrogen-bond donors (Lipinski definition) is 0. The van der Waals surface area contributed by atoms with Crippen molar-refractivity contribution in [1.82, 2.24) is 0 Å². The van der Waals surface area contributed by atoms with Gasteiger partial charge in [0.1, 0.15) is 0 Å². The predicted octanol–water partition coefficient (Wildman–Crippen LogP) is 8.89. The van der Waals surface area contributed by atoms with Crippen molar-refractivity contribution in [3.8, 4) is 22.3 Å². The molecule has 5 aromatic carbocycles. The molecule has 0 atom stereocenters. The zero-order valence-electron chi connectivity index (χ0n) is 22.6. The molecule has 0 saturated heterocycles. The Balaban J connectivity index is 0.000000177. The summed E-state index contributed by atoms with van der Waals surface area (Å²) in [6.07, 6.45) is 1.07. The molecule has 4 heteroatoms. The summed E-state index contributed by atoms with van der Waals surface area (Å²) in [6.45, 7) is 11.3. The minimum atomic E-state index is -0.826. The van der Waals surface area contributed by atoms with Gasteiger partial charge in [0.2, 0.25) is 0 Å². The molecule has 0 saturated carbocycles. The van der Waals surface area contributed by atoms with Crippen molar-refractivity contribution in [2.75, 3.05) is 0 Å². The molecule has 1 aliphatic rings. The van der Waals surface area contributed by atoms with Gasteiger partial charge in [0.25, 0.3) is 0 Å². The van der Waals surface area contributed by atoms with Gasteiger partial charge in [-0.25, -0.2) is 0 Å². The Hall–Kier alpha value is -1.83. The molecule has 0 fully saturated rings. The number of aryl methyl sites for hydroxylation is 2. The standard InChI is InChI=1S/C22H25.C12H7Si.2ClH.Zr/c1-6-16-11-12-17-13-18(22(3,4)5)14-20(17)21(16)19-10-8-7-9-15(19)2;1-3-7-11-9(5-1)10-6-2-4-8-12(10)13-11;;;/h7-14H,6H2,1-5H3;1-7H;2*1H;/q2*-1;;;+4/p-2. The van der Waals surface area contributed by atoms with E-state index < -0.39 is 20.8 Å². The predicted molar refractivity (Wildman–Crippen MR) is 165 cm³/mol. The van der Waals surface area contributed by atoms with E-state index in [1.165, 1.54) is 60.1 Å². The average Bonchev–Trinajstić information content (AvgIpc) is 3.51. The summed E-state index contributed by atoms with van der Waals surface area (Å²) in [7, 11) is 10.7. The maximum absolute atomic E-state index is 4.93. The molecule has 6 rings (SSSR count). The molecule has 0 unspecified atom stereocenters. The zero-order valence-corrected chi connectivity index (χ0v) is 27.6. The first kappa shape index (κ1) is 29.2. The largest absolute Gasteiger partial charge is 0.184 e. The molecule has 5 aromatic rings. The maximum atomic E-state index is 4.93. The molecule has 2 radical (unpaired) electrons. The van der Waals surface area contributed by atoms with E-state index in [1.807, 2.05) is 6.07 Å². The molecule has 38 heavy (non-hydrogen) atoms. The average molecular weight is 631 g/mol. The fourth-order valence-electron chi connectivity index (χ4n) is 4.95. The van der Waals surface area contributed by atoms with E-state index in [0.717, 1.165) is 15.9 Å². The van der Waals surface area contributed by atoms with Crippen LogP contribution in [0.1, 0.15) is 44.4 Å². The molecular formula is C34H32Cl2SiZr. The number of hydrogen-bond acceptors (Lipinski definition) is 0. The van der Waals surface area contributed by atoms with E-state index in [0.29, 0.717) is 0 Å². The zero-order chi connectivity index (χ0) is 27.3. The first-order chi connectivity index (χ1) is 18.3. The quantitative estimate of drug-likeness (QED) is 0.132. The van der Waals surface area contributed by atoms with E-state index in [4.69, 9.17) is 17.0 Å². The normalized spacial score (nSPS) is 11.4. The molecule has 0 spiro atoms. The Morgan fingerprint density at radius 2 is 1.53 bits per heavy atom. The summed E-state index contributed by atoms with van der Waals surface area (Å²) >= 11 is -0.826. The molecule has 1 aliphatic heterocycles. The monoisotopic (exact) mass is 628 g/mol. The van der Waals surface area contributed by atoms with Gasteiger partial charge in [0.05, 0.1) is 9.52 Å². The third-order valence-electron chi connectivity index (χ3n) is 6.97. The van der Waals surface area contributed by atoms with Crippen molar-refractivity contribution in [2.24, 2.45) is 0 Å². The Morgan fingerprint density at radius 1 is 0.868 bits per heavy atom. The fourth-order valence-corrected chi connectivity index (χ4v) is 6.26. The molecule has 0 amide bonds. The Labute approximate surface area is 249 Å². The van der Waals surface area contributed by atoms with Crippen LogP contribution in [0.4, 0.5) is 0 Å². The van der Waals surface area contributed by atoms with Crippen LogP contribution in [0.15, 0.2) is 91.0 Å². The van der Waals surface area contributed by atoms with Gasteiger partial charge >= 0.3 is 37.9 Å². The van der Waals surface area contributed by atoms with Crippen molar-refractivity contribution >= 4 is 47.7 Å². The van der Waals surface area contributed by atoms with Crippen LogP contribution in [0.5, 0.6) is 0 Å². The van der Waals surface area contributed by atoms with Crippen LogP contribution in [0.3, 0.4) is 0 Å². The summed E-state index contributed by atoms with van der Waals surface area (Å²) in [5, 5.41) is 5.59. The van der Waals surface area contributed by atoms with E-state index in [9.17, 15) is 0 Å². The van der Waals surface area contributed by atoms with Crippen molar-refractivity contribution in [3.63, 3.8) is 0 Å². The van der Waals surface area contributed by atoms with Crippen molar-refractivity contribution < 1.29 is 20.8 Å². The van der Waals surface area contributed by atoms with Crippen molar-refractivity contribution in [1.29, 1.82) is 0 Å². The summed E-state index contributed by atoms with van der Waals surface area (Å²) in [5.41, 5.74) is 9.96. The van der Waals surface area contributed by atoms with Gasteiger partial charge in [-0.2, -0.15) is 35.5 Å². The number of benzene rings is 4. The Morgan fingerprint density at radius 3 is 2.21 bits per heavy atom. The number of rotatable bonds is 2. The summed E-state index contributed by atoms with van der Waals surface area (Å²) in [6, 6.07) is 36.2. The van der Waals surface area contributed by atoms with E-state index in [-0.39, 0.29) is 5.41 Å². The van der Waals surface area contributed by atoms with Crippen LogP contribution in [-0.2, 0) is 32.7 Å². The minimum Gasteiger partial charge on any atom is -0.184 e. The SMILES string of the molecule is CCc1ccc2[cH-]c(C(C)(C)C)cc2c1-c1ccccc1C.[Cl][Zr+2][Cl].[c-]1cccc2c1[Si]c1ccccc1-2. The maximum Gasteiger partial charge on any atom is 0.0920 e. The van der Waals surface area contributed by atoms with Gasteiger partial charge in [0.15, 0.2) is 0 Å². The van der Waals surface area contributed by atoms with Crippen LogP contribution < -0.4 is 10.4 Å². The molecule has 0 N–H and O–H groups in total. The molecular weight excluding hydrogens is 599 g/mol. The molecule has 190 valence electrons. The van der Waals surface area contributed by atoms with E-state index in [2.05, 4.69) is 126 Å². The number of halogens is 2. The molecule has 0 aliphatic carbocycles. The van der Waals surface area contributed by atoms with Crippen LogP contribution in [0.2, 0.25) is 0 Å². The minimum absolute atomic E-state index is 0.189. The summed E-state index contributed by atoms with van der Waals surface area (Å²) in [5.74, 6) is 0. The Kier molecular flexibility index (Phi) is 9.99. The second-order valence-electron chi connectivity index (χ2n) is 10.5. The van der Waals surface area contributed by atoms with Crippen molar-refractivity contribution in [2.45, 2.75) is 46.5 Å². The van der Waals surface area contributed by atoms with Gasteiger partial charge in [-0.3, -0.25) is 0 Å². The molecule has 0 aromatic heterocycles.